The monoisotopic (exact) mass is 301 g/mol. The normalized spacial score (nSPS) is 17.3. The minimum absolute atomic E-state index is 0.0438. The maximum atomic E-state index is 9.01. The molecule has 1 aliphatic rings. The predicted octanol–water partition coefficient (Wildman–Crippen LogP) is 2.99. The Morgan fingerprint density at radius 2 is 2.14 bits per heavy atom. The van der Waals surface area contributed by atoms with Gasteiger partial charge in [0, 0.05) is 6.54 Å². The number of benzene rings is 1. The van der Waals surface area contributed by atoms with Crippen molar-refractivity contribution >= 4 is 0 Å². The first kappa shape index (κ1) is 15.1. The Hall–Kier alpha value is -1.78. The van der Waals surface area contributed by atoms with Gasteiger partial charge in [0.2, 0.25) is 0 Å². The summed E-state index contributed by atoms with van der Waals surface area (Å²) in [7, 11) is 1.72. The Bertz CT molecular complexity index is 621. The van der Waals surface area contributed by atoms with Gasteiger partial charge in [-0.2, -0.15) is 0 Å². The molecular weight excluding hydrogens is 278 g/mol. The number of aryl methyl sites for hydroxylation is 1. The highest BCUT2D eigenvalue weighted by Gasteiger charge is 2.20. The van der Waals surface area contributed by atoms with Crippen molar-refractivity contribution in [2.75, 3.05) is 13.7 Å². The van der Waals surface area contributed by atoms with E-state index < -0.39 is 0 Å². The summed E-state index contributed by atoms with van der Waals surface area (Å²) in [4.78, 5) is 0. The second-order valence-electron chi connectivity index (χ2n) is 5.81. The van der Waals surface area contributed by atoms with Gasteiger partial charge in [0.25, 0.3) is 0 Å². The number of methoxy groups -OCH3 is 1. The molecule has 1 aliphatic carbocycles. The number of aliphatic hydroxyl groups is 1. The number of hydrogen-bond donors (Lipinski definition) is 2. The first-order chi connectivity index (χ1) is 10.8. The zero-order valence-electron chi connectivity index (χ0n) is 13.0. The second kappa shape index (κ2) is 6.99. The van der Waals surface area contributed by atoms with Crippen LogP contribution in [-0.4, -0.2) is 18.8 Å². The van der Waals surface area contributed by atoms with Crippen molar-refractivity contribution in [3.63, 3.8) is 0 Å². The van der Waals surface area contributed by atoms with Crippen molar-refractivity contribution in [1.82, 2.24) is 5.32 Å². The highest BCUT2D eigenvalue weighted by Crippen LogP contribution is 2.33. The smallest absolute Gasteiger partial charge is 0.129 e. The van der Waals surface area contributed by atoms with E-state index in [1.54, 1.807) is 7.11 Å². The van der Waals surface area contributed by atoms with Crippen LogP contribution < -0.4 is 10.1 Å². The molecule has 0 fully saturated rings. The molecule has 0 spiro atoms. The molecule has 22 heavy (non-hydrogen) atoms. The van der Waals surface area contributed by atoms with Crippen LogP contribution in [0, 0.1) is 0 Å². The van der Waals surface area contributed by atoms with E-state index in [0.717, 1.165) is 24.5 Å². The Morgan fingerprint density at radius 3 is 2.91 bits per heavy atom. The van der Waals surface area contributed by atoms with Gasteiger partial charge in [-0.3, -0.25) is 0 Å². The Kier molecular flexibility index (Phi) is 4.80. The van der Waals surface area contributed by atoms with Crippen molar-refractivity contribution in [2.24, 2.45) is 0 Å². The molecule has 4 nitrogen and oxygen atoms in total. The van der Waals surface area contributed by atoms with Gasteiger partial charge < -0.3 is 19.6 Å². The van der Waals surface area contributed by atoms with Crippen LogP contribution in [0.1, 0.15) is 41.4 Å². The van der Waals surface area contributed by atoms with Gasteiger partial charge >= 0.3 is 0 Å². The maximum absolute atomic E-state index is 9.01. The Labute approximate surface area is 131 Å². The van der Waals surface area contributed by atoms with Crippen LogP contribution in [0.3, 0.4) is 0 Å². The third kappa shape index (κ3) is 3.34. The molecule has 1 aromatic carbocycles. The van der Waals surface area contributed by atoms with E-state index in [1.807, 2.05) is 12.1 Å². The lowest BCUT2D eigenvalue weighted by molar-refractivity contribution is 0.242. The number of nitrogens with one attached hydrogen (secondary N) is 1. The summed E-state index contributed by atoms with van der Waals surface area (Å²) < 4.78 is 10.8. The fraction of sp³-hybridized carbons (Fsp3) is 0.444. The standard InChI is InChI=1S/C18H23NO3/c1-21-15-7-8-18-13(9-15)3-2-4-14(18)10-19-11-16-5-6-17(12-20)22-16/h5-9,14,19-20H,2-4,10-12H2,1H3/t14-/m0/s1. The Morgan fingerprint density at radius 1 is 1.27 bits per heavy atom. The molecule has 3 rings (SSSR count). The molecule has 1 heterocycles. The van der Waals surface area contributed by atoms with Crippen molar-refractivity contribution < 1.29 is 14.3 Å². The molecule has 0 amide bonds. The zero-order valence-corrected chi connectivity index (χ0v) is 13.0. The lowest BCUT2D eigenvalue weighted by Crippen LogP contribution is -2.24. The highest BCUT2D eigenvalue weighted by atomic mass is 16.5. The number of fused-ring (bicyclic) bond motifs is 1. The fourth-order valence-corrected chi connectivity index (χ4v) is 3.20. The molecule has 0 aliphatic heterocycles. The quantitative estimate of drug-likeness (QED) is 0.861. The van der Waals surface area contributed by atoms with Crippen LogP contribution in [0.25, 0.3) is 0 Å². The summed E-state index contributed by atoms with van der Waals surface area (Å²) in [6.07, 6.45) is 3.58. The molecule has 1 aromatic heterocycles. The third-order valence-corrected chi connectivity index (χ3v) is 4.35. The number of rotatable bonds is 6. The summed E-state index contributed by atoms with van der Waals surface area (Å²) in [5, 5.41) is 12.5. The van der Waals surface area contributed by atoms with E-state index in [4.69, 9.17) is 14.3 Å². The summed E-state index contributed by atoms with van der Waals surface area (Å²) in [6.45, 7) is 1.59. The van der Waals surface area contributed by atoms with E-state index in [0.29, 0.717) is 18.2 Å². The number of ether oxygens (including phenoxy) is 1. The van der Waals surface area contributed by atoms with E-state index in [-0.39, 0.29) is 6.61 Å². The highest BCUT2D eigenvalue weighted by molar-refractivity contribution is 5.39. The molecular formula is C18H23NO3. The predicted molar refractivity (Wildman–Crippen MR) is 85.0 cm³/mol. The average Bonchev–Trinajstić information content (AvgIpc) is 3.02. The summed E-state index contributed by atoms with van der Waals surface area (Å²) in [5.41, 5.74) is 2.85. The van der Waals surface area contributed by atoms with E-state index in [2.05, 4.69) is 23.5 Å². The molecule has 0 radical (unpaired) electrons. The van der Waals surface area contributed by atoms with Crippen LogP contribution >= 0.6 is 0 Å². The second-order valence-corrected chi connectivity index (χ2v) is 5.81. The summed E-state index contributed by atoms with van der Waals surface area (Å²) in [6, 6.07) is 10.2. The van der Waals surface area contributed by atoms with Crippen molar-refractivity contribution in [3.05, 3.63) is 53.0 Å². The van der Waals surface area contributed by atoms with Gasteiger partial charge in [-0.25, -0.2) is 0 Å². The van der Waals surface area contributed by atoms with Crippen LogP contribution in [-0.2, 0) is 19.6 Å². The third-order valence-electron chi connectivity index (χ3n) is 4.35. The van der Waals surface area contributed by atoms with Gasteiger partial charge in [0.05, 0.1) is 13.7 Å². The lowest BCUT2D eigenvalue weighted by atomic mass is 9.82. The van der Waals surface area contributed by atoms with Crippen LogP contribution in [0.4, 0.5) is 0 Å². The van der Waals surface area contributed by atoms with Crippen LogP contribution in [0.2, 0.25) is 0 Å². The van der Waals surface area contributed by atoms with Gasteiger partial charge in [0.15, 0.2) is 0 Å². The molecule has 2 aromatic rings. The van der Waals surface area contributed by atoms with Crippen molar-refractivity contribution in [3.8, 4) is 5.75 Å². The van der Waals surface area contributed by atoms with Crippen molar-refractivity contribution in [2.45, 2.75) is 38.3 Å². The van der Waals surface area contributed by atoms with E-state index >= 15 is 0 Å². The van der Waals surface area contributed by atoms with Crippen molar-refractivity contribution in [1.29, 1.82) is 0 Å². The molecule has 0 saturated carbocycles. The van der Waals surface area contributed by atoms with Gasteiger partial charge in [-0.05, 0) is 60.6 Å². The number of aliphatic hydroxyl groups excluding tert-OH is 1. The van der Waals surface area contributed by atoms with Gasteiger partial charge in [0.1, 0.15) is 23.9 Å². The maximum Gasteiger partial charge on any atom is 0.129 e. The van der Waals surface area contributed by atoms with E-state index in [9.17, 15) is 0 Å². The minimum Gasteiger partial charge on any atom is -0.497 e. The number of hydrogen-bond acceptors (Lipinski definition) is 4. The average molecular weight is 301 g/mol. The first-order valence-electron chi connectivity index (χ1n) is 7.86. The first-order valence-corrected chi connectivity index (χ1v) is 7.86. The van der Waals surface area contributed by atoms with Gasteiger partial charge in [-0.1, -0.05) is 6.07 Å². The molecule has 1 atom stereocenters. The molecule has 2 N–H and O–H groups in total. The molecule has 118 valence electrons. The SMILES string of the molecule is COc1ccc2c(c1)CCC[C@H]2CNCc1ccc(CO)o1. The minimum atomic E-state index is -0.0438. The molecule has 0 unspecified atom stereocenters. The molecule has 0 bridgehead atoms. The summed E-state index contributed by atoms with van der Waals surface area (Å²) >= 11 is 0. The summed E-state index contributed by atoms with van der Waals surface area (Å²) in [5.74, 6) is 2.98. The number of furan rings is 1. The molecule has 0 saturated heterocycles. The Balaban J connectivity index is 1.60. The van der Waals surface area contributed by atoms with Crippen LogP contribution in [0.5, 0.6) is 5.75 Å². The topological polar surface area (TPSA) is 54.6 Å². The largest absolute Gasteiger partial charge is 0.497 e. The van der Waals surface area contributed by atoms with E-state index in [1.165, 1.54) is 24.0 Å². The van der Waals surface area contributed by atoms with Crippen LogP contribution in [0.15, 0.2) is 34.7 Å². The zero-order chi connectivity index (χ0) is 15.4. The molecule has 4 heteroatoms. The lowest BCUT2D eigenvalue weighted by Gasteiger charge is -2.26. The van der Waals surface area contributed by atoms with Gasteiger partial charge in [-0.15, -0.1) is 0 Å². The fourth-order valence-electron chi connectivity index (χ4n) is 3.20.